The fraction of sp³-hybridized carbons (Fsp3) is 0. The summed E-state index contributed by atoms with van der Waals surface area (Å²) < 4.78 is 26.7. The summed E-state index contributed by atoms with van der Waals surface area (Å²) in [6.45, 7) is 0. The third kappa shape index (κ3) is 2.89. The van der Waals surface area contributed by atoms with E-state index in [0.29, 0.717) is 0 Å². The summed E-state index contributed by atoms with van der Waals surface area (Å²) in [5.41, 5.74) is 0. The quantitative estimate of drug-likeness (QED) is 0.919. The monoisotopic (exact) mass is 342 g/mol. The fourth-order valence-electron chi connectivity index (χ4n) is 1.15. The van der Waals surface area contributed by atoms with E-state index in [9.17, 15) is 8.42 Å². The molecule has 4 nitrogen and oxygen atoms in total. The Labute approximate surface area is 123 Å². The van der Waals surface area contributed by atoms with E-state index in [0.717, 1.165) is 11.3 Å². The maximum Gasteiger partial charge on any atom is 0.265 e. The van der Waals surface area contributed by atoms with Crippen molar-refractivity contribution < 1.29 is 8.42 Å². The molecule has 0 aliphatic carbocycles. The Bertz CT molecular complexity index is 685. The average Bonchev–Trinajstić information content (AvgIpc) is 2.62. The average molecular weight is 344 g/mol. The van der Waals surface area contributed by atoms with Crippen molar-refractivity contribution in [1.29, 1.82) is 0 Å². The molecule has 0 saturated carbocycles. The largest absolute Gasteiger partial charge is 0.265 e. The van der Waals surface area contributed by atoms with Crippen LogP contribution >= 0.6 is 46.1 Å². The molecule has 0 amide bonds. The highest BCUT2D eigenvalue weighted by atomic mass is 35.5. The molecule has 1 N–H and O–H groups in total. The topological polar surface area (TPSA) is 59.1 Å². The molecule has 0 fully saturated rings. The van der Waals surface area contributed by atoms with Gasteiger partial charge in [-0.05, 0) is 18.2 Å². The fourth-order valence-corrected chi connectivity index (χ4v) is 4.56. The number of nitrogens with zero attached hydrogens (tertiary/aromatic N) is 1. The van der Waals surface area contributed by atoms with Gasteiger partial charge in [0.05, 0.1) is 9.36 Å². The van der Waals surface area contributed by atoms with E-state index in [2.05, 4.69) is 9.71 Å². The maximum atomic E-state index is 12.0. The van der Waals surface area contributed by atoms with E-state index in [1.165, 1.54) is 18.3 Å². The van der Waals surface area contributed by atoms with Gasteiger partial charge in [-0.2, -0.15) is 0 Å². The zero-order chi connectivity index (χ0) is 13.3. The van der Waals surface area contributed by atoms with Crippen molar-refractivity contribution in [3.8, 4) is 0 Å². The highest BCUT2D eigenvalue weighted by molar-refractivity contribution is 7.93. The zero-order valence-corrected chi connectivity index (χ0v) is 12.4. The molecule has 0 spiro atoms. The van der Waals surface area contributed by atoms with Crippen LogP contribution in [0.5, 0.6) is 0 Å². The lowest BCUT2D eigenvalue weighted by Gasteiger charge is -2.07. The van der Waals surface area contributed by atoms with E-state index in [4.69, 9.17) is 34.8 Å². The first-order valence-corrected chi connectivity index (χ1v) is 7.91. The third-order valence-electron chi connectivity index (χ3n) is 1.90. The number of nitrogens with one attached hydrogen (secondary N) is 1. The van der Waals surface area contributed by atoms with Gasteiger partial charge in [-0.25, -0.2) is 13.4 Å². The summed E-state index contributed by atoms with van der Waals surface area (Å²) in [5, 5.41) is 0.193. The lowest BCUT2D eigenvalue weighted by Crippen LogP contribution is -2.13. The molecule has 0 radical (unpaired) electrons. The van der Waals surface area contributed by atoms with Crippen LogP contribution < -0.4 is 4.72 Å². The Hall–Kier alpha value is -0.530. The summed E-state index contributed by atoms with van der Waals surface area (Å²) in [5.74, 6) is 0.0394. The third-order valence-corrected chi connectivity index (χ3v) is 5.30. The smallest absolute Gasteiger partial charge is 0.262 e. The Balaban J connectivity index is 2.40. The standard InChI is InChI=1S/C9H5Cl3N2O2S2/c10-5-2-1-3-13-9(5)14-18(15,16)6-4-7(11)17-8(6)12/h1-4H,(H,13,14). The summed E-state index contributed by atoms with van der Waals surface area (Å²) in [7, 11) is -3.85. The van der Waals surface area contributed by atoms with Crippen molar-refractivity contribution in [2.45, 2.75) is 4.90 Å². The Kier molecular flexibility index (Phi) is 4.03. The molecule has 96 valence electrons. The summed E-state index contributed by atoms with van der Waals surface area (Å²) >= 11 is 18.3. The van der Waals surface area contributed by atoms with Crippen LogP contribution in [0.1, 0.15) is 0 Å². The van der Waals surface area contributed by atoms with Gasteiger partial charge in [0.15, 0.2) is 5.82 Å². The highest BCUT2D eigenvalue weighted by Crippen LogP contribution is 2.35. The normalized spacial score (nSPS) is 11.5. The maximum absolute atomic E-state index is 12.0. The predicted molar refractivity (Wildman–Crippen MR) is 74.4 cm³/mol. The van der Waals surface area contributed by atoms with Crippen molar-refractivity contribution in [3.05, 3.63) is 38.1 Å². The van der Waals surface area contributed by atoms with Crippen molar-refractivity contribution in [3.63, 3.8) is 0 Å². The minimum Gasteiger partial charge on any atom is -0.262 e. The molecular formula is C9H5Cl3N2O2S2. The first-order valence-electron chi connectivity index (χ1n) is 4.48. The molecule has 0 saturated heterocycles. The number of sulfonamides is 1. The molecule has 2 heterocycles. The second-order valence-corrected chi connectivity index (χ2v) is 7.47. The second kappa shape index (κ2) is 5.22. The molecule has 0 unspecified atom stereocenters. The van der Waals surface area contributed by atoms with Crippen LogP contribution in [-0.4, -0.2) is 13.4 Å². The molecule has 9 heteroatoms. The zero-order valence-electron chi connectivity index (χ0n) is 8.52. The van der Waals surface area contributed by atoms with E-state index in [-0.39, 0.29) is 24.4 Å². The molecule has 0 atom stereocenters. The van der Waals surface area contributed by atoms with Crippen molar-refractivity contribution in [1.82, 2.24) is 4.98 Å². The van der Waals surface area contributed by atoms with E-state index in [1.54, 1.807) is 6.07 Å². The van der Waals surface area contributed by atoms with Crippen LogP contribution in [0.15, 0.2) is 29.3 Å². The minimum atomic E-state index is -3.85. The number of pyridine rings is 1. The van der Waals surface area contributed by atoms with Crippen LogP contribution in [0, 0.1) is 0 Å². The Morgan fingerprint density at radius 1 is 1.28 bits per heavy atom. The number of thiophene rings is 1. The Morgan fingerprint density at radius 3 is 2.56 bits per heavy atom. The summed E-state index contributed by atoms with van der Waals surface area (Å²) in [4.78, 5) is 3.73. The van der Waals surface area contributed by atoms with Gasteiger partial charge < -0.3 is 0 Å². The van der Waals surface area contributed by atoms with Crippen LogP contribution in [-0.2, 0) is 10.0 Å². The van der Waals surface area contributed by atoms with E-state index < -0.39 is 10.0 Å². The number of hydrogen-bond donors (Lipinski definition) is 1. The molecule has 0 aliphatic rings. The molecular weight excluding hydrogens is 339 g/mol. The number of aromatic nitrogens is 1. The molecule has 18 heavy (non-hydrogen) atoms. The van der Waals surface area contributed by atoms with E-state index in [1.807, 2.05) is 0 Å². The van der Waals surface area contributed by atoms with Crippen LogP contribution in [0.2, 0.25) is 13.7 Å². The van der Waals surface area contributed by atoms with Gasteiger partial charge in [-0.15, -0.1) is 11.3 Å². The second-order valence-electron chi connectivity index (χ2n) is 3.13. The number of halogens is 3. The first kappa shape index (κ1) is 13.9. The SMILES string of the molecule is O=S(=O)(Nc1ncccc1Cl)c1cc(Cl)sc1Cl. The lowest BCUT2D eigenvalue weighted by atomic mass is 10.5. The number of hydrogen-bond acceptors (Lipinski definition) is 4. The Morgan fingerprint density at radius 2 is 2.00 bits per heavy atom. The van der Waals surface area contributed by atoms with Crippen LogP contribution in [0.4, 0.5) is 5.82 Å². The van der Waals surface area contributed by atoms with Crippen molar-refractivity contribution in [2.75, 3.05) is 4.72 Å². The van der Waals surface area contributed by atoms with Gasteiger partial charge in [0.25, 0.3) is 10.0 Å². The minimum absolute atomic E-state index is 0.0394. The number of rotatable bonds is 3. The van der Waals surface area contributed by atoms with Gasteiger partial charge in [0.1, 0.15) is 9.23 Å². The number of anilines is 1. The van der Waals surface area contributed by atoms with Crippen LogP contribution in [0.3, 0.4) is 0 Å². The molecule has 2 aromatic rings. The van der Waals surface area contributed by atoms with Gasteiger partial charge in [0, 0.05) is 6.20 Å². The molecule has 0 bridgehead atoms. The molecule has 0 aromatic carbocycles. The van der Waals surface area contributed by atoms with Gasteiger partial charge in [0.2, 0.25) is 0 Å². The van der Waals surface area contributed by atoms with Crippen molar-refractivity contribution in [2.24, 2.45) is 0 Å². The predicted octanol–water partition coefficient (Wildman–Crippen LogP) is 3.90. The van der Waals surface area contributed by atoms with Gasteiger partial charge in [-0.3, -0.25) is 4.72 Å². The summed E-state index contributed by atoms with van der Waals surface area (Å²) in [6.07, 6.45) is 1.42. The highest BCUT2D eigenvalue weighted by Gasteiger charge is 2.22. The summed E-state index contributed by atoms with van der Waals surface area (Å²) in [6, 6.07) is 4.39. The van der Waals surface area contributed by atoms with Gasteiger partial charge >= 0.3 is 0 Å². The van der Waals surface area contributed by atoms with Gasteiger partial charge in [-0.1, -0.05) is 34.8 Å². The molecule has 2 rings (SSSR count). The van der Waals surface area contributed by atoms with E-state index >= 15 is 0 Å². The van der Waals surface area contributed by atoms with Crippen molar-refractivity contribution >= 4 is 62.0 Å². The first-order chi connectivity index (χ1) is 8.40. The van der Waals surface area contributed by atoms with Crippen LogP contribution in [0.25, 0.3) is 0 Å². The molecule has 0 aliphatic heterocycles. The molecule has 2 aromatic heterocycles. The lowest BCUT2D eigenvalue weighted by molar-refractivity contribution is 0.601.